The fourth-order valence-electron chi connectivity index (χ4n) is 3.25. The second kappa shape index (κ2) is 8.95. The van der Waals surface area contributed by atoms with Gasteiger partial charge in [-0.3, -0.25) is 19.3 Å². The zero-order valence-electron chi connectivity index (χ0n) is 16.6. The molecule has 1 unspecified atom stereocenters. The number of aromatic nitrogens is 2. The van der Waals surface area contributed by atoms with Crippen molar-refractivity contribution in [3.8, 4) is 0 Å². The Morgan fingerprint density at radius 1 is 1.19 bits per heavy atom. The molecule has 1 aromatic heterocycles. The molecule has 1 N–H and O–H groups in total. The number of hydrogen-bond donors (Lipinski definition) is 1. The first-order chi connectivity index (χ1) is 14.9. The number of amides is 3. The number of carbonyl (C=O) groups is 3. The zero-order chi connectivity index (χ0) is 22.0. The van der Waals surface area contributed by atoms with Crippen molar-refractivity contribution in [2.45, 2.75) is 13.0 Å². The lowest BCUT2D eigenvalue weighted by atomic mass is 10.2. The van der Waals surface area contributed by atoms with Gasteiger partial charge in [0.15, 0.2) is 0 Å². The Morgan fingerprint density at radius 3 is 2.71 bits per heavy atom. The summed E-state index contributed by atoms with van der Waals surface area (Å²) in [5.41, 5.74) is 2.46. The summed E-state index contributed by atoms with van der Waals surface area (Å²) in [6, 6.07) is 14.1. The predicted molar refractivity (Wildman–Crippen MR) is 122 cm³/mol. The maximum absolute atomic E-state index is 12.6. The molecular weight excluding hydrogens is 436 g/mol. The number of para-hydroxylation sites is 2. The van der Waals surface area contributed by atoms with Gasteiger partial charge in [-0.2, -0.15) is 0 Å². The van der Waals surface area contributed by atoms with Gasteiger partial charge in [-0.15, -0.1) is 0 Å². The molecule has 1 fully saturated rings. The summed E-state index contributed by atoms with van der Waals surface area (Å²) in [6.07, 6.45) is 3.29. The maximum Gasteiger partial charge on any atom is 0.293 e. The largest absolute Gasteiger partial charge is 0.353 e. The fraction of sp³-hybridized carbons (Fsp3) is 0.182. The summed E-state index contributed by atoms with van der Waals surface area (Å²) in [5, 5.41) is 3.04. The highest BCUT2D eigenvalue weighted by Crippen LogP contribution is 2.32. The Balaban J connectivity index is 1.35. The molecule has 158 valence electrons. The van der Waals surface area contributed by atoms with Gasteiger partial charge in [0.1, 0.15) is 6.04 Å². The van der Waals surface area contributed by atoms with Gasteiger partial charge >= 0.3 is 0 Å². The van der Waals surface area contributed by atoms with Gasteiger partial charge in [-0.05, 0) is 54.6 Å². The monoisotopic (exact) mass is 454 g/mol. The Kier molecular flexibility index (Phi) is 6.11. The molecular formula is C22H19ClN4O3S. The molecule has 0 aliphatic carbocycles. The first-order valence-electron chi connectivity index (χ1n) is 9.64. The van der Waals surface area contributed by atoms with Crippen LogP contribution in [0.5, 0.6) is 0 Å². The van der Waals surface area contributed by atoms with Crippen LogP contribution in [-0.4, -0.2) is 44.6 Å². The predicted octanol–water partition coefficient (Wildman–Crippen LogP) is 4.10. The van der Waals surface area contributed by atoms with E-state index in [1.165, 1.54) is 0 Å². The molecule has 3 amide bonds. The van der Waals surface area contributed by atoms with Crippen LogP contribution in [0, 0.1) is 0 Å². The van der Waals surface area contributed by atoms with Crippen LogP contribution in [0.25, 0.3) is 17.1 Å². The lowest BCUT2D eigenvalue weighted by Crippen LogP contribution is -2.39. The van der Waals surface area contributed by atoms with Gasteiger partial charge in [-0.25, -0.2) is 4.98 Å². The summed E-state index contributed by atoms with van der Waals surface area (Å²) in [4.78, 5) is 43.2. The molecule has 0 saturated carbocycles. The van der Waals surface area contributed by atoms with Crippen LogP contribution in [0.1, 0.15) is 18.5 Å². The molecule has 1 aliphatic heterocycles. The molecule has 0 radical (unpaired) electrons. The molecule has 0 spiro atoms. The quantitative estimate of drug-likeness (QED) is 0.567. The van der Waals surface area contributed by atoms with E-state index in [4.69, 9.17) is 11.6 Å². The molecule has 3 aromatic rings. The Morgan fingerprint density at radius 2 is 1.94 bits per heavy atom. The van der Waals surface area contributed by atoms with Crippen molar-refractivity contribution in [1.82, 2.24) is 19.8 Å². The second-order valence-electron chi connectivity index (χ2n) is 6.99. The molecule has 0 bridgehead atoms. The van der Waals surface area contributed by atoms with Crippen molar-refractivity contribution >= 4 is 57.5 Å². The minimum atomic E-state index is -0.480. The molecule has 1 saturated heterocycles. The molecule has 4 rings (SSSR count). The highest BCUT2D eigenvalue weighted by Gasteiger charge is 2.34. The Hall–Kier alpha value is -3.10. The standard InChI is InChI=1S/C22H19ClN4O3S/c1-14(27-13-25-17-4-2-3-5-18(17)27)20(28)24-10-11-26-21(29)19(31-22(26)30)12-15-6-8-16(23)9-7-15/h2-9,12-14H,10-11H2,1H3,(H,24,28)/b19-12-. The van der Waals surface area contributed by atoms with Gasteiger partial charge in [0, 0.05) is 18.1 Å². The van der Waals surface area contributed by atoms with E-state index in [0.717, 1.165) is 33.3 Å². The minimum absolute atomic E-state index is 0.103. The number of benzene rings is 2. The van der Waals surface area contributed by atoms with Gasteiger partial charge in [0.25, 0.3) is 11.1 Å². The van der Waals surface area contributed by atoms with Crippen molar-refractivity contribution in [3.63, 3.8) is 0 Å². The number of nitrogens with zero attached hydrogens (tertiary/aromatic N) is 3. The third-order valence-electron chi connectivity index (χ3n) is 4.95. The first kappa shape index (κ1) is 21.1. The fourth-order valence-corrected chi connectivity index (χ4v) is 4.25. The number of nitrogens with one attached hydrogen (secondary N) is 1. The minimum Gasteiger partial charge on any atom is -0.353 e. The number of imidazole rings is 1. The molecule has 2 heterocycles. The van der Waals surface area contributed by atoms with Crippen molar-refractivity contribution < 1.29 is 14.4 Å². The van der Waals surface area contributed by atoms with E-state index < -0.39 is 6.04 Å². The van der Waals surface area contributed by atoms with Crippen LogP contribution in [0.3, 0.4) is 0 Å². The van der Waals surface area contributed by atoms with E-state index in [2.05, 4.69) is 10.3 Å². The highest BCUT2D eigenvalue weighted by molar-refractivity contribution is 8.18. The summed E-state index contributed by atoms with van der Waals surface area (Å²) in [7, 11) is 0. The van der Waals surface area contributed by atoms with Gasteiger partial charge in [0.05, 0.1) is 22.3 Å². The number of thioether (sulfide) groups is 1. The molecule has 9 heteroatoms. The van der Waals surface area contributed by atoms with E-state index >= 15 is 0 Å². The highest BCUT2D eigenvalue weighted by atomic mass is 35.5. The molecule has 2 aromatic carbocycles. The first-order valence-corrected chi connectivity index (χ1v) is 10.8. The average Bonchev–Trinajstić information content (AvgIpc) is 3.31. The lowest BCUT2D eigenvalue weighted by molar-refractivity contribution is -0.125. The van der Waals surface area contributed by atoms with Crippen LogP contribution in [0.4, 0.5) is 4.79 Å². The van der Waals surface area contributed by atoms with Crippen LogP contribution in [0.2, 0.25) is 5.02 Å². The van der Waals surface area contributed by atoms with Gasteiger partial charge in [0.2, 0.25) is 5.91 Å². The molecule has 1 atom stereocenters. The van der Waals surface area contributed by atoms with Gasteiger partial charge in [-0.1, -0.05) is 35.9 Å². The zero-order valence-corrected chi connectivity index (χ0v) is 18.2. The van der Waals surface area contributed by atoms with Crippen molar-refractivity contribution in [2.24, 2.45) is 0 Å². The maximum atomic E-state index is 12.6. The molecule has 31 heavy (non-hydrogen) atoms. The normalized spacial score (nSPS) is 16.3. The third kappa shape index (κ3) is 4.50. The van der Waals surface area contributed by atoms with E-state index in [1.807, 2.05) is 24.3 Å². The number of hydrogen-bond acceptors (Lipinski definition) is 5. The number of carbonyl (C=O) groups excluding carboxylic acids is 3. The van der Waals surface area contributed by atoms with E-state index in [0.29, 0.717) is 9.93 Å². The Labute approximate surface area is 188 Å². The third-order valence-corrected chi connectivity index (χ3v) is 6.11. The summed E-state index contributed by atoms with van der Waals surface area (Å²) in [6.45, 7) is 2.05. The van der Waals surface area contributed by atoms with Crippen LogP contribution < -0.4 is 5.32 Å². The topological polar surface area (TPSA) is 84.3 Å². The second-order valence-corrected chi connectivity index (χ2v) is 8.42. The van der Waals surface area contributed by atoms with E-state index in [-0.39, 0.29) is 30.1 Å². The number of imide groups is 1. The summed E-state index contributed by atoms with van der Waals surface area (Å²) >= 11 is 6.76. The van der Waals surface area contributed by atoms with Crippen molar-refractivity contribution in [1.29, 1.82) is 0 Å². The smallest absolute Gasteiger partial charge is 0.293 e. The van der Waals surface area contributed by atoms with E-state index in [9.17, 15) is 14.4 Å². The van der Waals surface area contributed by atoms with Crippen molar-refractivity contribution in [2.75, 3.05) is 13.1 Å². The van der Waals surface area contributed by atoms with Crippen LogP contribution >= 0.6 is 23.4 Å². The molecule has 1 aliphatic rings. The van der Waals surface area contributed by atoms with Crippen LogP contribution in [0.15, 0.2) is 59.8 Å². The number of fused-ring (bicyclic) bond motifs is 1. The number of rotatable bonds is 6. The Bertz CT molecular complexity index is 1190. The van der Waals surface area contributed by atoms with Gasteiger partial charge < -0.3 is 9.88 Å². The average molecular weight is 455 g/mol. The SMILES string of the molecule is CC(C(=O)NCCN1C(=O)S/C(=C\c2ccc(Cl)cc2)C1=O)n1cnc2ccccc21. The lowest BCUT2D eigenvalue weighted by Gasteiger charge is -2.17. The number of halogens is 1. The van der Waals surface area contributed by atoms with Crippen molar-refractivity contribution in [3.05, 3.63) is 70.3 Å². The molecule has 7 nitrogen and oxygen atoms in total. The summed E-state index contributed by atoms with van der Waals surface area (Å²) in [5.74, 6) is -0.584. The van der Waals surface area contributed by atoms with Crippen LogP contribution in [-0.2, 0) is 9.59 Å². The summed E-state index contributed by atoms with van der Waals surface area (Å²) < 4.78 is 1.79. The van der Waals surface area contributed by atoms with E-state index in [1.54, 1.807) is 48.2 Å².